The summed E-state index contributed by atoms with van der Waals surface area (Å²) in [5.41, 5.74) is 4.13. The molecule has 3 rings (SSSR count). The van der Waals surface area contributed by atoms with E-state index in [2.05, 4.69) is 9.97 Å². The van der Waals surface area contributed by atoms with Gasteiger partial charge in [-0.2, -0.15) is 13.2 Å². The van der Waals surface area contributed by atoms with Gasteiger partial charge < -0.3 is 10.8 Å². The van der Waals surface area contributed by atoms with Gasteiger partial charge in [0.05, 0.1) is 29.2 Å². The normalized spacial score (nSPS) is 11.4. The molecule has 3 aromatic rings. The Morgan fingerprint density at radius 2 is 1.70 bits per heavy atom. The molecule has 0 bridgehead atoms. The Labute approximate surface area is 150 Å². The van der Waals surface area contributed by atoms with Gasteiger partial charge in [0.1, 0.15) is 11.6 Å². The molecule has 0 saturated heterocycles. The van der Waals surface area contributed by atoms with E-state index in [9.17, 15) is 27.5 Å². The van der Waals surface area contributed by atoms with Gasteiger partial charge in [-0.1, -0.05) is 12.1 Å². The Hall–Kier alpha value is -3.49. The van der Waals surface area contributed by atoms with E-state index >= 15 is 0 Å². The summed E-state index contributed by atoms with van der Waals surface area (Å²) in [5, 5.41) is 9.25. The van der Waals surface area contributed by atoms with E-state index < -0.39 is 29.1 Å². The van der Waals surface area contributed by atoms with Crippen LogP contribution >= 0.6 is 0 Å². The number of hydrogen-bond acceptors (Lipinski definition) is 4. The van der Waals surface area contributed by atoms with Crippen LogP contribution in [0, 0.1) is 5.82 Å². The fourth-order valence-electron chi connectivity index (χ4n) is 2.52. The van der Waals surface area contributed by atoms with Gasteiger partial charge in [0.15, 0.2) is 0 Å². The van der Waals surface area contributed by atoms with Gasteiger partial charge in [-0.25, -0.2) is 14.2 Å². The van der Waals surface area contributed by atoms with Crippen molar-refractivity contribution in [3.8, 4) is 22.4 Å². The maximum Gasteiger partial charge on any atom is 0.416 e. The first-order chi connectivity index (χ1) is 12.7. The first-order valence-electron chi connectivity index (χ1n) is 7.49. The number of nitrogens with two attached hydrogens (primary N) is 1. The summed E-state index contributed by atoms with van der Waals surface area (Å²) in [4.78, 5) is 19.1. The van der Waals surface area contributed by atoms with Crippen LogP contribution in [0.15, 0.2) is 48.8 Å². The van der Waals surface area contributed by atoms with Crippen molar-refractivity contribution in [2.45, 2.75) is 6.18 Å². The lowest BCUT2D eigenvalue weighted by molar-refractivity contribution is -0.137. The number of carbonyl (C=O) groups is 1. The predicted molar refractivity (Wildman–Crippen MR) is 89.2 cm³/mol. The molecule has 5 nitrogen and oxygen atoms in total. The highest BCUT2D eigenvalue weighted by atomic mass is 19.4. The monoisotopic (exact) mass is 377 g/mol. The standard InChI is InChI=1S/C18H11F4N3O2/c19-14-5-9(1-3-12(14)15-7-25-16(23)8-24-15)11-4-2-10(18(20,21)22)6-13(11)17(26)27/h1-8H,(H2,23,25)(H,26,27). The smallest absolute Gasteiger partial charge is 0.416 e. The lowest BCUT2D eigenvalue weighted by Gasteiger charge is -2.12. The summed E-state index contributed by atoms with van der Waals surface area (Å²) >= 11 is 0. The van der Waals surface area contributed by atoms with Crippen molar-refractivity contribution in [1.29, 1.82) is 0 Å². The Kier molecular flexibility index (Phi) is 4.52. The van der Waals surface area contributed by atoms with Crippen LogP contribution in [-0.2, 0) is 6.18 Å². The van der Waals surface area contributed by atoms with Gasteiger partial charge >= 0.3 is 12.1 Å². The summed E-state index contributed by atoms with van der Waals surface area (Å²) in [6.07, 6.45) is -2.17. The van der Waals surface area contributed by atoms with E-state index in [1.54, 1.807) is 0 Å². The topological polar surface area (TPSA) is 89.1 Å². The molecule has 0 fully saturated rings. The Morgan fingerprint density at radius 3 is 2.26 bits per heavy atom. The number of aromatic carboxylic acids is 1. The number of rotatable bonds is 3. The van der Waals surface area contributed by atoms with E-state index in [0.717, 1.165) is 18.2 Å². The molecule has 0 spiro atoms. The van der Waals surface area contributed by atoms with Crippen LogP contribution in [-0.4, -0.2) is 21.0 Å². The van der Waals surface area contributed by atoms with Gasteiger partial charge in [0.2, 0.25) is 0 Å². The molecule has 3 N–H and O–H groups in total. The molecule has 1 heterocycles. The number of carboxylic acid groups (broad SMARTS) is 1. The number of nitrogen functional groups attached to an aromatic ring is 1. The largest absolute Gasteiger partial charge is 0.478 e. The lowest BCUT2D eigenvalue weighted by Crippen LogP contribution is -2.08. The van der Waals surface area contributed by atoms with Crippen LogP contribution in [0.3, 0.4) is 0 Å². The van der Waals surface area contributed by atoms with Crippen LogP contribution in [0.1, 0.15) is 15.9 Å². The zero-order valence-electron chi connectivity index (χ0n) is 13.5. The van der Waals surface area contributed by atoms with Gasteiger partial charge in [0, 0.05) is 5.56 Å². The number of anilines is 1. The number of aromatic nitrogens is 2. The molecular formula is C18H11F4N3O2. The third-order valence-corrected chi connectivity index (χ3v) is 3.81. The molecule has 9 heteroatoms. The second-order valence-corrected chi connectivity index (χ2v) is 5.58. The lowest BCUT2D eigenvalue weighted by atomic mass is 9.96. The minimum Gasteiger partial charge on any atom is -0.478 e. The molecule has 27 heavy (non-hydrogen) atoms. The predicted octanol–water partition coefficient (Wildman–Crippen LogP) is 4.25. The van der Waals surface area contributed by atoms with Crippen LogP contribution in [0.4, 0.5) is 23.4 Å². The average Bonchev–Trinajstić information content (AvgIpc) is 2.61. The van der Waals surface area contributed by atoms with Crippen molar-refractivity contribution < 1.29 is 27.5 Å². The van der Waals surface area contributed by atoms with Gasteiger partial charge in [-0.15, -0.1) is 0 Å². The maximum atomic E-state index is 14.5. The minimum atomic E-state index is -4.69. The third kappa shape index (κ3) is 3.71. The molecular weight excluding hydrogens is 366 g/mol. The average molecular weight is 377 g/mol. The molecule has 138 valence electrons. The molecule has 0 radical (unpaired) electrons. The van der Waals surface area contributed by atoms with Crippen LogP contribution in [0.5, 0.6) is 0 Å². The summed E-state index contributed by atoms with van der Waals surface area (Å²) in [5.74, 6) is -2.13. The molecule has 0 amide bonds. The van der Waals surface area contributed by atoms with Crippen molar-refractivity contribution in [3.63, 3.8) is 0 Å². The fraction of sp³-hybridized carbons (Fsp3) is 0.0556. The Morgan fingerprint density at radius 1 is 1.00 bits per heavy atom. The first-order valence-corrected chi connectivity index (χ1v) is 7.49. The molecule has 0 saturated carbocycles. The van der Waals surface area contributed by atoms with E-state index in [-0.39, 0.29) is 28.2 Å². The molecule has 2 aromatic carbocycles. The summed E-state index contributed by atoms with van der Waals surface area (Å²) in [6, 6.07) is 6.04. The Balaban J connectivity index is 2.08. The van der Waals surface area contributed by atoms with Gasteiger partial charge in [0.25, 0.3) is 0 Å². The molecule has 0 aliphatic heterocycles. The number of alkyl halides is 3. The van der Waals surface area contributed by atoms with Crippen molar-refractivity contribution in [2.24, 2.45) is 0 Å². The number of carboxylic acids is 1. The van der Waals surface area contributed by atoms with Crippen LogP contribution in [0.25, 0.3) is 22.4 Å². The molecule has 0 aliphatic carbocycles. The summed E-state index contributed by atoms with van der Waals surface area (Å²) in [7, 11) is 0. The molecule has 0 unspecified atom stereocenters. The van der Waals surface area contributed by atoms with Crippen molar-refractivity contribution in [2.75, 3.05) is 5.73 Å². The highest BCUT2D eigenvalue weighted by Gasteiger charge is 2.32. The molecule has 0 aliphatic rings. The van der Waals surface area contributed by atoms with Crippen LogP contribution in [0.2, 0.25) is 0 Å². The molecule has 1 aromatic heterocycles. The zero-order valence-corrected chi connectivity index (χ0v) is 13.5. The van der Waals surface area contributed by atoms with E-state index in [0.29, 0.717) is 6.07 Å². The number of nitrogens with zero attached hydrogens (tertiary/aromatic N) is 2. The highest BCUT2D eigenvalue weighted by molar-refractivity contribution is 5.96. The second-order valence-electron chi connectivity index (χ2n) is 5.58. The quantitative estimate of drug-likeness (QED) is 0.666. The fourth-order valence-corrected chi connectivity index (χ4v) is 2.52. The summed E-state index contributed by atoms with van der Waals surface area (Å²) < 4.78 is 53.0. The highest BCUT2D eigenvalue weighted by Crippen LogP contribution is 2.34. The number of benzene rings is 2. The maximum absolute atomic E-state index is 14.5. The van der Waals surface area contributed by atoms with Crippen LogP contribution < -0.4 is 5.73 Å². The first kappa shape index (κ1) is 18.3. The SMILES string of the molecule is Nc1cnc(-c2ccc(-c3ccc(C(F)(F)F)cc3C(=O)O)cc2F)cn1. The Bertz CT molecular complexity index is 1020. The second kappa shape index (κ2) is 6.67. The van der Waals surface area contributed by atoms with Crippen molar-refractivity contribution in [3.05, 3.63) is 65.7 Å². The van der Waals surface area contributed by atoms with E-state index in [4.69, 9.17) is 5.73 Å². The summed E-state index contributed by atoms with van der Waals surface area (Å²) in [6.45, 7) is 0. The van der Waals surface area contributed by atoms with Crippen molar-refractivity contribution >= 4 is 11.8 Å². The van der Waals surface area contributed by atoms with E-state index in [1.807, 2.05) is 0 Å². The van der Waals surface area contributed by atoms with Crippen molar-refractivity contribution in [1.82, 2.24) is 9.97 Å². The number of hydrogen-bond donors (Lipinski definition) is 2. The molecule has 0 atom stereocenters. The number of halogens is 4. The van der Waals surface area contributed by atoms with Gasteiger partial charge in [-0.05, 0) is 35.4 Å². The van der Waals surface area contributed by atoms with E-state index in [1.165, 1.54) is 24.5 Å². The minimum absolute atomic E-state index is 0.0376. The third-order valence-electron chi connectivity index (χ3n) is 3.81. The zero-order chi connectivity index (χ0) is 19.8. The van der Waals surface area contributed by atoms with Gasteiger partial charge in [-0.3, -0.25) is 4.98 Å².